The molecule has 1 atom stereocenters. The molecule has 1 amide bonds. The Hall–Kier alpha value is -2.74. The van der Waals surface area contributed by atoms with Gasteiger partial charge < -0.3 is 19.1 Å². The molecular weight excluding hydrogens is 353 g/mol. The number of morpholine rings is 1. The van der Waals surface area contributed by atoms with E-state index in [9.17, 15) is 9.18 Å². The molecule has 1 aromatic heterocycles. The third kappa shape index (κ3) is 5.13. The third-order valence-electron chi connectivity index (χ3n) is 3.81. The summed E-state index contributed by atoms with van der Waals surface area (Å²) >= 11 is 0. The first-order valence-corrected chi connectivity index (χ1v) is 8.65. The lowest BCUT2D eigenvalue weighted by Gasteiger charge is -2.34. The number of nitrogens with zero attached hydrogens (tertiary/aromatic N) is 3. The number of halogens is 1. The van der Waals surface area contributed by atoms with Gasteiger partial charge in [0, 0.05) is 24.4 Å². The number of aromatic nitrogens is 2. The van der Waals surface area contributed by atoms with Gasteiger partial charge in [0.15, 0.2) is 0 Å². The lowest BCUT2D eigenvalue weighted by molar-refractivity contribution is -0.0444. The van der Waals surface area contributed by atoms with E-state index in [2.05, 4.69) is 9.97 Å². The zero-order valence-corrected chi connectivity index (χ0v) is 15.5. The number of carbonyl (C=O) groups is 1. The molecule has 0 unspecified atom stereocenters. The SMILES string of the molecule is CC(C)(C)OC(=O)N1CCO[C@@H](c2cc(Oc3ccncn3)ccc2F)C1. The summed E-state index contributed by atoms with van der Waals surface area (Å²) in [6.07, 6.45) is 1.86. The van der Waals surface area contributed by atoms with Crippen molar-refractivity contribution in [2.75, 3.05) is 19.7 Å². The second kappa shape index (κ2) is 7.87. The highest BCUT2D eigenvalue weighted by Crippen LogP contribution is 2.30. The fourth-order valence-electron chi connectivity index (χ4n) is 2.62. The Balaban J connectivity index is 1.75. The van der Waals surface area contributed by atoms with Gasteiger partial charge in [0.25, 0.3) is 0 Å². The maximum absolute atomic E-state index is 14.4. The summed E-state index contributed by atoms with van der Waals surface area (Å²) < 4.78 is 31.1. The molecule has 7 nitrogen and oxygen atoms in total. The lowest BCUT2D eigenvalue weighted by atomic mass is 10.1. The molecule has 1 aliphatic rings. The Labute approximate surface area is 157 Å². The fraction of sp³-hybridized carbons (Fsp3) is 0.421. The van der Waals surface area contributed by atoms with Gasteiger partial charge in [-0.15, -0.1) is 0 Å². The molecular formula is C19H22FN3O4. The van der Waals surface area contributed by atoms with Crippen LogP contribution >= 0.6 is 0 Å². The van der Waals surface area contributed by atoms with Gasteiger partial charge in [-0.05, 0) is 39.0 Å². The molecule has 27 heavy (non-hydrogen) atoms. The van der Waals surface area contributed by atoms with Crippen molar-refractivity contribution in [2.24, 2.45) is 0 Å². The summed E-state index contributed by atoms with van der Waals surface area (Å²) in [5.74, 6) is 0.340. The minimum absolute atomic E-state index is 0.197. The van der Waals surface area contributed by atoms with Gasteiger partial charge in [-0.3, -0.25) is 0 Å². The number of hydrogen-bond acceptors (Lipinski definition) is 6. The van der Waals surface area contributed by atoms with E-state index in [1.807, 2.05) is 0 Å². The first-order chi connectivity index (χ1) is 12.8. The van der Waals surface area contributed by atoms with Crippen LogP contribution in [0.3, 0.4) is 0 Å². The first kappa shape index (κ1) is 19.0. The predicted octanol–water partition coefficient (Wildman–Crippen LogP) is 3.72. The van der Waals surface area contributed by atoms with Crippen molar-refractivity contribution in [1.82, 2.24) is 14.9 Å². The highest BCUT2D eigenvalue weighted by molar-refractivity contribution is 5.68. The van der Waals surface area contributed by atoms with Gasteiger partial charge in [-0.25, -0.2) is 19.2 Å². The summed E-state index contributed by atoms with van der Waals surface area (Å²) in [6, 6.07) is 5.97. The molecule has 0 spiro atoms. The van der Waals surface area contributed by atoms with Crippen LogP contribution in [0.15, 0.2) is 36.8 Å². The number of amides is 1. The monoisotopic (exact) mass is 375 g/mol. The van der Waals surface area contributed by atoms with Crippen molar-refractivity contribution >= 4 is 6.09 Å². The van der Waals surface area contributed by atoms with Crippen LogP contribution in [-0.4, -0.2) is 46.3 Å². The number of carbonyl (C=O) groups excluding carboxylic acids is 1. The van der Waals surface area contributed by atoms with Crippen LogP contribution in [0.25, 0.3) is 0 Å². The minimum Gasteiger partial charge on any atom is -0.444 e. The lowest BCUT2D eigenvalue weighted by Crippen LogP contribution is -2.44. The van der Waals surface area contributed by atoms with Crippen LogP contribution < -0.4 is 4.74 Å². The minimum atomic E-state index is -0.611. The number of benzene rings is 1. The van der Waals surface area contributed by atoms with Crippen molar-refractivity contribution in [2.45, 2.75) is 32.5 Å². The summed E-state index contributed by atoms with van der Waals surface area (Å²) in [5, 5.41) is 0. The summed E-state index contributed by atoms with van der Waals surface area (Å²) in [7, 11) is 0. The second-order valence-corrected chi connectivity index (χ2v) is 7.12. The molecule has 8 heteroatoms. The van der Waals surface area contributed by atoms with E-state index in [1.54, 1.807) is 39.1 Å². The summed E-state index contributed by atoms with van der Waals surface area (Å²) in [6.45, 7) is 6.29. The van der Waals surface area contributed by atoms with E-state index in [-0.39, 0.29) is 6.54 Å². The van der Waals surface area contributed by atoms with Gasteiger partial charge in [0.1, 0.15) is 29.6 Å². The highest BCUT2D eigenvalue weighted by Gasteiger charge is 2.30. The highest BCUT2D eigenvalue weighted by atomic mass is 19.1. The van der Waals surface area contributed by atoms with E-state index in [4.69, 9.17) is 14.2 Å². The van der Waals surface area contributed by atoms with E-state index < -0.39 is 23.6 Å². The van der Waals surface area contributed by atoms with Gasteiger partial charge in [-0.2, -0.15) is 0 Å². The zero-order valence-electron chi connectivity index (χ0n) is 15.5. The molecule has 2 aromatic rings. The van der Waals surface area contributed by atoms with Crippen LogP contribution in [0.2, 0.25) is 0 Å². The topological polar surface area (TPSA) is 73.8 Å². The van der Waals surface area contributed by atoms with Crippen LogP contribution in [0.5, 0.6) is 11.6 Å². The Morgan fingerprint density at radius 2 is 2.15 bits per heavy atom. The molecule has 0 aliphatic carbocycles. The standard InChI is InChI=1S/C19H22FN3O4/c1-19(2,3)27-18(24)23-8-9-25-16(11-23)14-10-13(4-5-15(14)20)26-17-6-7-21-12-22-17/h4-7,10,12,16H,8-9,11H2,1-3H3/t16-/m1/s1. The van der Waals surface area contributed by atoms with E-state index in [0.29, 0.717) is 30.3 Å². The van der Waals surface area contributed by atoms with Crippen molar-refractivity contribution in [3.05, 3.63) is 48.2 Å². The van der Waals surface area contributed by atoms with Crippen molar-refractivity contribution < 1.29 is 23.4 Å². The van der Waals surface area contributed by atoms with Crippen LogP contribution in [0, 0.1) is 5.82 Å². The molecule has 0 bridgehead atoms. The summed E-state index contributed by atoms with van der Waals surface area (Å²) in [4.78, 5) is 21.6. The average Bonchev–Trinajstić information content (AvgIpc) is 2.63. The number of rotatable bonds is 3. The summed E-state index contributed by atoms with van der Waals surface area (Å²) in [5.41, 5.74) is -0.281. The molecule has 144 valence electrons. The molecule has 1 saturated heterocycles. The average molecular weight is 375 g/mol. The van der Waals surface area contributed by atoms with E-state index in [0.717, 1.165) is 0 Å². The van der Waals surface area contributed by atoms with Crippen molar-refractivity contribution in [3.8, 4) is 11.6 Å². The first-order valence-electron chi connectivity index (χ1n) is 8.65. The molecule has 2 heterocycles. The zero-order chi connectivity index (χ0) is 19.4. The second-order valence-electron chi connectivity index (χ2n) is 7.12. The Morgan fingerprint density at radius 3 is 2.85 bits per heavy atom. The van der Waals surface area contributed by atoms with Crippen LogP contribution in [0.1, 0.15) is 32.4 Å². The quantitative estimate of drug-likeness (QED) is 0.814. The molecule has 0 radical (unpaired) electrons. The molecule has 3 rings (SSSR count). The Kier molecular flexibility index (Phi) is 5.55. The largest absolute Gasteiger partial charge is 0.444 e. The fourth-order valence-corrected chi connectivity index (χ4v) is 2.62. The van der Waals surface area contributed by atoms with Crippen LogP contribution in [0.4, 0.5) is 9.18 Å². The molecule has 0 N–H and O–H groups in total. The number of hydrogen-bond donors (Lipinski definition) is 0. The molecule has 1 aliphatic heterocycles. The number of ether oxygens (including phenoxy) is 3. The molecule has 1 aromatic carbocycles. The maximum atomic E-state index is 14.4. The van der Waals surface area contributed by atoms with Crippen molar-refractivity contribution in [1.29, 1.82) is 0 Å². The predicted molar refractivity (Wildman–Crippen MR) is 95.0 cm³/mol. The van der Waals surface area contributed by atoms with Gasteiger partial charge in [-0.1, -0.05) is 0 Å². The van der Waals surface area contributed by atoms with Gasteiger partial charge in [0.05, 0.1) is 13.2 Å². The molecule has 0 saturated carbocycles. The smallest absolute Gasteiger partial charge is 0.410 e. The maximum Gasteiger partial charge on any atom is 0.410 e. The third-order valence-corrected chi connectivity index (χ3v) is 3.81. The Bertz CT molecular complexity index is 795. The van der Waals surface area contributed by atoms with E-state index >= 15 is 0 Å². The van der Waals surface area contributed by atoms with Crippen LogP contribution in [-0.2, 0) is 9.47 Å². The Morgan fingerprint density at radius 1 is 1.33 bits per heavy atom. The van der Waals surface area contributed by atoms with Gasteiger partial charge >= 0.3 is 6.09 Å². The van der Waals surface area contributed by atoms with Gasteiger partial charge in [0.2, 0.25) is 5.88 Å². The van der Waals surface area contributed by atoms with E-state index in [1.165, 1.54) is 23.4 Å². The van der Waals surface area contributed by atoms with Crippen molar-refractivity contribution in [3.63, 3.8) is 0 Å². The normalized spacial score (nSPS) is 17.5. The molecule has 1 fully saturated rings.